The van der Waals surface area contributed by atoms with Gasteiger partial charge in [0.15, 0.2) is 0 Å². The van der Waals surface area contributed by atoms with E-state index in [4.69, 9.17) is 0 Å². The zero-order chi connectivity index (χ0) is 13.1. The molecule has 0 radical (unpaired) electrons. The van der Waals surface area contributed by atoms with E-state index in [-0.39, 0.29) is 5.75 Å². The molecule has 0 saturated heterocycles. The van der Waals surface area contributed by atoms with Crippen LogP contribution < -0.4 is 0 Å². The Morgan fingerprint density at radius 2 is 1.47 bits per heavy atom. The smallest absolute Gasteiger partial charge is 0.115 e. The monoisotopic (exact) mass is 247 g/mol. The highest BCUT2D eigenvalue weighted by molar-refractivity contribution is 5.71. The van der Waals surface area contributed by atoms with Gasteiger partial charge < -0.3 is 5.11 Å². The molecule has 2 nitrogen and oxygen atoms in total. The molecular weight excluding hydrogens is 234 g/mol. The summed E-state index contributed by atoms with van der Waals surface area (Å²) in [5, 5.41) is 9.33. The Labute approximate surface area is 112 Å². The fourth-order valence-electron chi connectivity index (χ4n) is 2.05. The van der Waals surface area contributed by atoms with E-state index in [0.29, 0.717) is 0 Å². The van der Waals surface area contributed by atoms with Crippen molar-refractivity contribution in [1.82, 2.24) is 4.98 Å². The van der Waals surface area contributed by atoms with Crippen LogP contribution in [0.5, 0.6) is 5.75 Å². The molecule has 3 rings (SSSR count). The van der Waals surface area contributed by atoms with Crippen LogP contribution in [0.15, 0.2) is 72.9 Å². The van der Waals surface area contributed by atoms with E-state index in [1.54, 1.807) is 18.3 Å². The highest BCUT2D eigenvalue weighted by Crippen LogP contribution is 2.26. The highest BCUT2D eigenvalue weighted by Gasteiger charge is 2.02. The summed E-state index contributed by atoms with van der Waals surface area (Å²) in [5.74, 6) is 0.282. The number of nitrogens with zero attached hydrogens (tertiary/aromatic N) is 1. The first kappa shape index (κ1) is 11.5. The molecule has 92 valence electrons. The van der Waals surface area contributed by atoms with E-state index in [1.165, 1.54) is 0 Å². The van der Waals surface area contributed by atoms with Gasteiger partial charge in [-0.2, -0.15) is 0 Å². The standard InChI is InChI=1S/C17H13NO/c19-16-9-7-13(8-10-16)14-4-3-5-15(12-14)17-6-1-2-11-18-17/h1-12,19H. The van der Waals surface area contributed by atoms with Crippen LogP contribution >= 0.6 is 0 Å². The van der Waals surface area contributed by atoms with E-state index < -0.39 is 0 Å². The predicted molar refractivity (Wildman–Crippen MR) is 76.8 cm³/mol. The predicted octanol–water partition coefficient (Wildman–Crippen LogP) is 4.12. The molecule has 0 aliphatic carbocycles. The number of phenolic OH excluding ortho intramolecular Hbond substituents is 1. The van der Waals surface area contributed by atoms with Crippen LogP contribution in [0.1, 0.15) is 0 Å². The van der Waals surface area contributed by atoms with Gasteiger partial charge in [0.2, 0.25) is 0 Å². The summed E-state index contributed by atoms with van der Waals surface area (Å²) < 4.78 is 0. The third-order valence-electron chi connectivity index (χ3n) is 3.02. The summed E-state index contributed by atoms with van der Waals surface area (Å²) in [6.07, 6.45) is 1.79. The minimum absolute atomic E-state index is 0.282. The van der Waals surface area contributed by atoms with E-state index in [2.05, 4.69) is 17.1 Å². The maximum absolute atomic E-state index is 9.33. The van der Waals surface area contributed by atoms with Crippen LogP contribution in [0, 0.1) is 0 Å². The van der Waals surface area contributed by atoms with Gasteiger partial charge in [-0.25, -0.2) is 0 Å². The van der Waals surface area contributed by atoms with Gasteiger partial charge >= 0.3 is 0 Å². The Hall–Kier alpha value is -2.61. The summed E-state index contributed by atoms with van der Waals surface area (Å²) in [6.45, 7) is 0. The number of benzene rings is 2. The van der Waals surface area contributed by atoms with Crippen LogP contribution in [-0.4, -0.2) is 10.1 Å². The molecule has 0 unspecified atom stereocenters. The van der Waals surface area contributed by atoms with Gasteiger partial charge in [-0.15, -0.1) is 0 Å². The minimum atomic E-state index is 0.282. The molecule has 0 spiro atoms. The van der Waals surface area contributed by atoms with Crippen molar-refractivity contribution >= 4 is 0 Å². The Balaban J connectivity index is 2.03. The van der Waals surface area contributed by atoms with E-state index in [9.17, 15) is 5.11 Å². The lowest BCUT2D eigenvalue weighted by atomic mass is 10.0. The Bertz CT molecular complexity index is 675. The topological polar surface area (TPSA) is 33.1 Å². The minimum Gasteiger partial charge on any atom is -0.508 e. The molecule has 0 atom stereocenters. The van der Waals surface area contributed by atoms with Gasteiger partial charge in [0.25, 0.3) is 0 Å². The molecule has 0 aliphatic rings. The van der Waals surface area contributed by atoms with Crippen LogP contribution in [0.2, 0.25) is 0 Å². The molecule has 19 heavy (non-hydrogen) atoms. The summed E-state index contributed by atoms with van der Waals surface area (Å²) in [6, 6.07) is 21.3. The average molecular weight is 247 g/mol. The largest absolute Gasteiger partial charge is 0.508 e. The first-order chi connectivity index (χ1) is 9.33. The molecule has 0 aliphatic heterocycles. The van der Waals surface area contributed by atoms with E-state index in [0.717, 1.165) is 22.4 Å². The Kier molecular flexibility index (Phi) is 2.99. The van der Waals surface area contributed by atoms with Crippen molar-refractivity contribution < 1.29 is 5.11 Å². The Morgan fingerprint density at radius 1 is 0.684 bits per heavy atom. The summed E-state index contributed by atoms with van der Waals surface area (Å²) >= 11 is 0. The van der Waals surface area contributed by atoms with Gasteiger partial charge in [-0.3, -0.25) is 4.98 Å². The molecule has 0 amide bonds. The van der Waals surface area contributed by atoms with Crippen molar-refractivity contribution in [2.45, 2.75) is 0 Å². The zero-order valence-electron chi connectivity index (χ0n) is 10.3. The third kappa shape index (κ3) is 2.47. The number of phenols is 1. The second kappa shape index (κ2) is 4.94. The van der Waals surface area contributed by atoms with Gasteiger partial charge in [0.1, 0.15) is 5.75 Å². The first-order valence-corrected chi connectivity index (χ1v) is 6.14. The van der Waals surface area contributed by atoms with Crippen LogP contribution in [0.3, 0.4) is 0 Å². The van der Waals surface area contributed by atoms with Crippen molar-refractivity contribution in [1.29, 1.82) is 0 Å². The number of pyridine rings is 1. The van der Waals surface area contributed by atoms with Crippen molar-refractivity contribution in [3.63, 3.8) is 0 Å². The second-order valence-corrected chi connectivity index (χ2v) is 4.34. The number of aromatic hydroxyl groups is 1. The molecule has 0 saturated carbocycles. The van der Waals surface area contributed by atoms with Crippen molar-refractivity contribution in [3.05, 3.63) is 72.9 Å². The van der Waals surface area contributed by atoms with Gasteiger partial charge in [0, 0.05) is 11.8 Å². The molecular formula is C17H13NO. The second-order valence-electron chi connectivity index (χ2n) is 4.34. The molecule has 2 aromatic carbocycles. The third-order valence-corrected chi connectivity index (χ3v) is 3.02. The average Bonchev–Trinajstić information content (AvgIpc) is 2.49. The van der Waals surface area contributed by atoms with E-state index >= 15 is 0 Å². The quantitative estimate of drug-likeness (QED) is 0.738. The molecule has 0 bridgehead atoms. The summed E-state index contributed by atoms with van der Waals surface area (Å²) in [4.78, 5) is 4.36. The number of hydrogen-bond donors (Lipinski definition) is 1. The summed E-state index contributed by atoms with van der Waals surface area (Å²) in [5.41, 5.74) is 4.24. The SMILES string of the molecule is Oc1ccc(-c2cccc(-c3ccccn3)c2)cc1. The lowest BCUT2D eigenvalue weighted by Crippen LogP contribution is -1.83. The maximum atomic E-state index is 9.33. The molecule has 0 fully saturated rings. The first-order valence-electron chi connectivity index (χ1n) is 6.14. The molecule has 1 heterocycles. The summed E-state index contributed by atoms with van der Waals surface area (Å²) in [7, 11) is 0. The lowest BCUT2D eigenvalue weighted by Gasteiger charge is -2.05. The number of rotatable bonds is 2. The van der Waals surface area contributed by atoms with Crippen LogP contribution in [0.4, 0.5) is 0 Å². The van der Waals surface area contributed by atoms with E-state index in [1.807, 2.05) is 42.5 Å². The lowest BCUT2D eigenvalue weighted by molar-refractivity contribution is 0.475. The van der Waals surface area contributed by atoms with Gasteiger partial charge in [0.05, 0.1) is 5.69 Å². The Morgan fingerprint density at radius 3 is 2.21 bits per heavy atom. The van der Waals surface area contributed by atoms with Gasteiger partial charge in [-0.1, -0.05) is 36.4 Å². The number of aromatic nitrogens is 1. The normalized spacial score (nSPS) is 10.3. The van der Waals surface area contributed by atoms with Crippen LogP contribution in [0.25, 0.3) is 22.4 Å². The highest BCUT2D eigenvalue weighted by atomic mass is 16.3. The molecule has 2 heteroatoms. The molecule has 1 aromatic heterocycles. The fraction of sp³-hybridized carbons (Fsp3) is 0. The van der Waals surface area contributed by atoms with Crippen molar-refractivity contribution in [2.24, 2.45) is 0 Å². The fourth-order valence-corrected chi connectivity index (χ4v) is 2.05. The van der Waals surface area contributed by atoms with Gasteiger partial charge in [-0.05, 0) is 41.5 Å². The van der Waals surface area contributed by atoms with Crippen molar-refractivity contribution in [2.75, 3.05) is 0 Å². The molecule has 1 N–H and O–H groups in total. The number of hydrogen-bond acceptors (Lipinski definition) is 2. The van der Waals surface area contributed by atoms with Crippen LogP contribution in [-0.2, 0) is 0 Å². The maximum Gasteiger partial charge on any atom is 0.115 e. The molecule has 3 aromatic rings. The van der Waals surface area contributed by atoms with Crippen molar-refractivity contribution in [3.8, 4) is 28.1 Å². The zero-order valence-corrected chi connectivity index (χ0v) is 10.3.